The van der Waals surface area contributed by atoms with Crippen molar-refractivity contribution in [1.29, 1.82) is 0 Å². The number of unbranched alkanes of at least 4 members (excludes halogenated alkanes) is 7. The van der Waals surface area contributed by atoms with Crippen molar-refractivity contribution in [2.75, 3.05) is 13.2 Å². The van der Waals surface area contributed by atoms with E-state index in [9.17, 15) is 29.1 Å². The van der Waals surface area contributed by atoms with Gasteiger partial charge in [-0.2, -0.15) is 0 Å². The molecule has 0 spiro atoms. The first-order chi connectivity index (χ1) is 19.1. The number of hydrogen-bond donors (Lipinski definition) is 6. The summed E-state index contributed by atoms with van der Waals surface area (Å²) in [5, 5.41) is 32.1. The van der Waals surface area contributed by atoms with E-state index in [-0.39, 0.29) is 36.6 Å². The Labute approximate surface area is 234 Å². The summed E-state index contributed by atoms with van der Waals surface area (Å²) in [6, 6.07) is 4.24. The maximum Gasteiger partial charge on any atom is 0.335 e. The van der Waals surface area contributed by atoms with Crippen molar-refractivity contribution in [3.8, 4) is 5.75 Å². The molecule has 0 aliphatic rings. The van der Waals surface area contributed by atoms with Crippen molar-refractivity contribution in [1.82, 2.24) is 10.6 Å². The lowest BCUT2D eigenvalue weighted by molar-refractivity contribution is -0.142. The molecule has 1 aromatic carbocycles. The average Bonchev–Trinajstić information content (AvgIpc) is 2.91. The average molecular weight is 566 g/mol. The van der Waals surface area contributed by atoms with Gasteiger partial charge in [0.15, 0.2) is 0 Å². The standard InChI is InChI=1S/C28H43N3O9/c29-22(27(36)37)10-7-8-18-30-24(32)17-16-23(28(38)39)31-25(33)11-6-4-2-1-3-5-9-19-40-21-14-12-20(13-15-21)26(34)35/h12-15,22-23H,1-11,16-19,29H2,(H,30,32)(H,31,33)(H,34,35)(H,36,37)(H,38,39)/t22-,23?/m0/s1. The van der Waals surface area contributed by atoms with E-state index in [4.69, 9.17) is 20.7 Å². The normalized spacial score (nSPS) is 12.2. The molecule has 0 aliphatic carbocycles. The SMILES string of the molecule is N[C@@H](CCCCNC(=O)CCC(NC(=O)CCCCCCCCCOc1ccc(C(=O)O)cc1)C(=O)O)C(=O)O. The number of nitrogens with two attached hydrogens (primary N) is 1. The molecule has 1 aromatic rings. The number of carboxylic acids is 3. The van der Waals surface area contributed by atoms with Crippen LogP contribution in [0.3, 0.4) is 0 Å². The van der Waals surface area contributed by atoms with Crippen molar-refractivity contribution in [2.45, 2.75) is 95.6 Å². The zero-order valence-corrected chi connectivity index (χ0v) is 22.9. The lowest BCUT2D eigenvalue weighted by Crippen LogP contribution is -2.41. The van der Waals surface area contributed by atoms with Gasteiger partial charge in [0, 0.05) is 19.4 Å². The van der Waals surface area contributed by atoms with Crippen molar-refractivity contribution >= 4 is 29.7 Å². The van der Waals surface area contributed by atoms with Crippen LogP contribution >= 0.6 is 0 Å². The van der Waals surface area contributed by atoms with Gasteiger partial charge in [-0.15, -0.1) is 0 Å². The Morgan fingerprint density at radius 1 is 0.725 bits per heavy atom. The van der Waals surface area contributed by atoms with E-state index in [2.05, 4.69) is 10.6 Å². The second-order valence-electron chi connectivity index (χ2n) is 9.69. The summed E-state index contributed by atoms with van der Waals surface area (Å²) in [4.78, 5) is 57.1. The van der Waals surface area contributed by atoms with Gasteiger partial charge in [-0.25, -0.2) is 9.59 Å². The minimum Gasteiger partial charge on any atom is -0.494 e. The van der Waals surface area contributed by atoms with E-state index in [1.807, 2.05) is 0 Å². The van der Waals surface area contributed by atoms with E-state index >= 15 is 0 Å². The Morgan fingerprint density at radius 3 is 1.95 bits per heavy atom. The van der Waals surface area contributed by atoms with Gasteiger partial charge in [-0.3, -0.25) is 14.4 Å². The number of nitrogens with one attached hydrogen (secondary N) is 2. The Hall–Kier alpha value is -3.67. The van der Waals surface area contributed by atoms with Gasteiger partial charge >= 0.3 is 17.9 Å². The molecule has 0 bridgehead atoms. The quantitative estimate of drug-likeness (QED) is 0.107. The van der Waals surface area contributed by atoms with E-state index in [0.29, 0.717) is 44.6 Å². The highest BCUT2D eigenvalue weighted by molar-refractivity contribution is 5.87. The summed E-state index contributed by atoms with van der Waals surface area (Å²) < 4.78 is 5.61. The van der Waals surface area contributed by atoms with E-state index in [1.165, 1.54) is 12.1 Å². The second kappa shape index (κ2) is 20.3. The van der Waals surface area contributed by atoms with Crippen LogP contribution in [0.1, 0.15) is 93.8 Å². The van der Waals surface area contributed by atoms with Gasteiger partial charge in [0.05, 0.1) is 12.2 Å². The van der Waals surface area contributed by atoms with Crippen LogP contribution in [0.5, 0.6) is 5.75 Å². The summed E-state index contributed by atoms with van der Waals surface area (Å²) in [6.07, 6.45) is 8.00. The molecule has 0 saturated heterocycles. The summed E-state index contributed by atoms with van der Waals surface area (Å²) in [6.45, 7) is 0.899. The molecule has 12 heteroatoms. The summed E-state index contributed by atoms with van der Waals surface area (Å²) >= 11 is 0. The number of carbonyl (C=O) groups excluding carboxylic acids is 2. The van der Waals surface area contributed by atoms with Crippen molar-refractivity contribution < 1.29 is 44.0 Å². The molecule has 0 radical (unpaired) electrons. The molecular formula is C28H43N3O9. The number of carboxylic acid groups (broad SMARTS) is 3. The van der Waals surface area contributed by atoms with E-state index < -0.39 is 30.0 Å². The second-order valence-corrected chi connectivity index (χ2v) is 9.69. The zero-order chi connectivity index (χ0) is 29.8. The molecule has 40 heavy (non-hydrogen) atoms. The Morgan fingerprint density at radius 2 is 1.35 bits per heavy atom. The largest absolute Gasteiger partial charge is 0.494 e. The van der Waals surface area contributed by atoms with E-state index in [0.717, 1.165) is 38.5 Å². The van der Waals surface area contributed by atoms with Gasteiger partial charge < -0.3 is 36.4 Å². The molecule has 0 fully saturated rings. The molecule has 0 heterocycles. The first-order valence-corrected chi connectivity index (χ1v) is 13.8. The third-order valence-electron chi connectivity index (χ3n) is 6.29. The predicted molar refractivity (Wildman–Crippen MR) is 147 cm³/mol. The highest BCUT2D eigenvalue weighted by Gasteiger charge is 2.20. The number of hydrogen-bond acceptors (Lipinski definition) is 7. The lowest BCUT2D eigenvalue weighted by Gasteiger charge is -2.14. The van der Waals surface area contributed by atoms with Gasteiger partial charge in [0.1, 0.15) is 17.8 Å². The molecule has 0 aliphatic heterocycles. The molecule has 1 unspecified atom stereocenters. The highest BCUT2D eigenvalue weighted by Crippen LogP contribution is 2.14. The number of ether oxygens (including phenoxy) is 1. The summed E-state index contributed by atoms with van der Waals surface area (Å²) in [7, 11) is 0. The Kier molecular flexibility index (Phi) is 17.4. The molecule has 1 rings (SSSR count). The van der Waals surface area contributed by atoms with Crippen LogP contribution in [-0.2, 0) is 19.2 Å². The van der Waals surface area contributed by atoms with E-state index in [1.54, 1.807) is 12.1 Å². The lowest BCUT2D eigenvalue weighted by atomic mass is 10.1. The van der Waals surface area contributed by atoms with Gasteiger partial charge in [-0.05, 0) is 62.8 Å². The first kappa shape index (κ1) is 34.4. The molecule has 7 N–H and O–H groups in total. The number of carbonyl (C=O) groups is 5. The van der Waals surface area contributed by atoms with Crippen LogP contribution < -0.4 is 21.1 Å². The fourth-order valence-electron chi connectivity index (χ4n) is 3.88. The third kappa shape index (κ3) is 16.3. The van der Waals surface area contributed by atoms with Crippen molar-refractivity contribution in [3.63, 3.8) is 0 Å². The molecule has 224 valence electrons. The van der Waals surface area contributed by atoms with Crippen LogP contribution in [-0.4, -0.2) is 70.3 Å². The van der Waals surface area contributed by atoms with Gasteiger partial charge in [0.2, 0.25) is 11.8 Å². The zero-order valence-electron chi connectivity index (χ0n) is 22.9. The summed E-state index contributed by atoms with van der Waals surface area (Å²) in [5.41, 5.74) is 5.63. The molecule has 0 aromatic heterocycles. The van der Waals surface area contributed by atoms with Crippen LogP contribution in [0.15, 0.2) is 24.3 Å². The van der Waals surface area contributed by atoms with Crippen LogP contribution in [0, 0.1) is 0 Å². The number of amides is 2. The molecule has 12 nitrogen and oxygen atoms in total. The predicted octanol–water partition coefficient (Wildman–Crippen LogP) is 2.93. The number of aliphatic carboxylic acids is 2. The maximum absolute atomic E-state index is 12.2. The molecular weight excluding hydrogens is 522 g/mol. The number of benzene rings is 1. The molecule has 0 saturated carbocycles. The number of aromatic carboxylic acids is 1. The monoisotopic (exact) mass is 565 g/mol. The Bertz CT molecular complexity index is 937. The summed E-state index contributed by atoms with van der Waals surface area (Å²) in [5.74, 6) is -3.26. The minimum atomic E-state index is -1.19. The molecule has 2 atom stereocenters. The van der Waals surface area contributed by atoms with Crippen LogP contribution in [0.2, 0.25) is 0 Å². The Balaban J connectivity index is 2.06. The third-order valence-corrected chi connectivity index (χ3v) is 6.29. The fraction of sp³-hybridized carbons (Fsp3) is 0.607. The van der Waals surface area contributed by atoms with Crippen molar-refractivity contribution in [3.05, 3.63) is 29.8 Å². The topological polar surface area (TPSA) is 205 Å². The fourth-order valence-corrected chi connectivity index (χ4v) is 3.88. The smallest absolute Gasteiger partial charge is 0.335 e. The van der Waals surface area contributed by atoms with Crippen LogP contribution in [0.25, 0.3) is 0 Å². The first-order valence-electron chi connectivity index (χ1n) is 13.8. The maximum atomic E-state index is 12.2. The molecule has 2 amide bonds. The van der Waals surface area contributed by atoms with Crippen LogP contribution in [0.4, 0.5) is 0 Å². The number of rotatable bonds is 23. The highest BCUT2D eigenvalue weighted by atomic mass is 16.5. The van der Waals surface area contributed by atoms with Gasteiger partial charge in [-0.1, -0.05) is 32.1 Å². The van der Waals surface area contributed by atoms with Gasteiger partial charge in [0.25, 0.3) is 0 Å². The minimum absolute atomic E-state index is 0.0197. The van der Waals surface area contributed by atoms with Crippen molar-refractivity contribution in [2.24, 2.45) is 5.73 Å².